The Kier molecular flexibility index (Phi) is 6.28. The number of carbonyl (C=O) groups is 1. The molecule has 0 aliphatic carbocycles. The van der Waals surface area contributed by atoms with Crippen LogP contribution in [0.25, 0.3) is 6.08 Å². The summed E-state index contributed by atoms with van der Waals surface area (Å²) in [6, 6.07) is 21.3. The molecule has 0 unspecified atom stereocenters. The predicted molar refractivity (Wildman–Crippen MR) is 113 cm³/mol. The number of carbonyl (C=O) groups excluding carboxylic acids is 1. The molecule has 3 rings (SSSR count). The summed E-state index contributed by atoms with van der Waals surface area (Å²) < 4.78 is 11.3. The van der Waals surface area contributed by atoms with Crippen molar-refractivity contribution in [2.75, 3.05) is 7.11 Å². The maximum Gasteiger partial charge on any atom is 0.185 e. The highest BCUT2D eigenvalue weighted by molar-refractivity contribution is 6.06. The van der Waals surface area contributed by atoms with Crippen LogP contribution in [-0.2, 0) is 6.61 Å². The zero-order chi connectivity index (χ0) is 19.9. The van der Waals surface area contributed by atoms with Crippen LogP contribution in [0.2, 0.25) is 0 Å². The average molecular weight is 372 g/mol. The van der Waals surface area contributed by atoms with Gasteiger partial charge in [0.05, 0.1) is 7.11 Å². The van der Waals surface area contributed by atoms with Gasteiger partial charge in [-0.3, -0.25) is 4.79 Å². The number of methoxy groups -OCH3 is 1. The highest BCUT2D eigenvalue weighted by atomic mass is 16.5. The first-order valence-electron chi connectivity index (χ1n) is 9.20. The fourth-order valence-corrected chi connectivity index (χ4v) is 2.80. The molecule has 0 saturated heterocycles. The fourth-order valence-electron chi connectivity index (χ4n) is 2.80. The first kappa shape index (κ1) is 19.4. The van der Waals surface area contributed by atoms with Gasteiger partial charge in [0, 0.05) is 11.1 Å². The van der Waals surface area contributed by atoms with Crippen LogP contribution in [0.5, 0.6) is 11.5 Å². The fraction of sp³-hybridized carbons (Fsp3) is 0.160. The lowest BCUT2D eigenvalue weighted by atomic mass is 10.1. The number of allylic oxidation sites excluding steroid dienone is 1. The van der Waals surface area contributed by atoms with Gasteiger partial charge in [-0.1, -0.05) is 59.7 Å². The molecule has 0 spiro atoms. The van der Waals surface area contributed by atoms with E-state index >= 15 is 0 Å². The summed E-state index contributed by atoms with van der Waals surface area (Å²) >= 11 is 0. The molecule has 0 amide bonds. The molecule has 0 aromatic heterocycles. The predicted octanol–water partition coefficient (Wildman–Crippen LogP) is 5.79. The second-order valence-corrected chi connectivity index (χ2v) is 6.74. The van der Waals surface area contributed by atoms with Crippen molar-refractivity contribution in [1.29, 1.82) is 0 Å². The van der Waals surface area contributed by atoms with Gasteiger partial charge in [0.2, 0.25) is 0 Å². The second kappa shape index (κ2) is 9.05. The summed E-state index contributed by atoms with van der Waals surface area (Å²) in [5, 5.41) is 0. The van der Waals surface area contributed by atoms with E-state index in [1.54, 1.807) is 13.2 Å². The summed E-state index contributed by atoms with van der Waals surface area (Å²) in [7, 11) is 1.64. The lowest BCUT2D eigenvalue weighted by molar-refractivity contribution is 0.104. The molecule has 0 saturated carbocycles. The minimum absolute atomic E-state index is 0.0201. The Balaban J connectivity index is 1.73. The molecule has 0 aliphatic rings. The van der Waals surface area contributed by atoms with Crippen LogP contribution in [0.3, 0.4) is 0 Å². The standard InChI is InChI=1S/C25H24O3/c1-18-4-10-21(11-5-18)24(26)14-8-20-9-15-25(27-3)22(16-20)17-28-23-12-6-19(2)7-13-23/h4-16H,17H2,1-3H3/b14-8+. The van der Waals surface area contributed by atoms with Gasteiger partial charge in [0.1, 0.15) is 18.1 Å². The van der Waals surface area contributed by atoms with Crippen LogP contribution in [0.4, 0.5) is 0 Å². The molecule has 3 heteroatoms. The third-order valence-electron chi connectivity index (χ3n) is 4.48. The highest BCUT2D eigenvalue weighted by Crippen LogP contribution is 2.23. The van der Waals surface area contributed by atoms with Crippen molar-refractivity contribution in [2.45, 2.75) is 20.5 Å². The zero-order valence-corrected chi connectivity index (χ0v) is 16.4. The molecule has 3 aromatic rings. The van der Waals surface area contributed by atoms with E-state index in [9.17, 15) is 4.79 Å². The molecule has 142 valence electrons. The number of benzene rings is 3. The molecule has 0 fully saturated rings. The second-order valence-electron chi connectivity index (χ2n) is 6.74. The monoisotopic (exact) mass is 372 g/mol. The largest absolute Gasteiger partial charge is 0.496 e. The van der Waals surface area contributed by atoms with Gasteiger partial charge >= 0.3 is 0 Å². The number of hydrogen-bond donors (Lipinski definition) is 0. The van der Waals surface area contributed by atoms with Crippen molar-refractivity contribution >= 4 is 11.9 Å². The molecule has 3 aromatic carbocycles. The number of ether oxygens (including phenoxy) is 2. The Morgan fingerprint density at radius 3 is 2.18 bits per heavy atom. The van der Waals surface area contributed by atoms with Gasteiger partial charge < -0.3 is 9.47 Å². The van der Waals surface area contributed by atoms with Crippen molar-refractivity contribution in [1.82, 2.24) is 0 Å². The van der Waals surface area contributed by atoms with Crippen LogP contribution in [0, 0.1) is 13.8 Å². The van der Waals surface area contributed by atoms with Crippen LogP contribution in [-0.4, -0.2) is 12.9 Å². The normalized spacial score (nSPS) is 10.8. The Bertz CT molecular complexity index is 968. The highest BCUT2D eigenvalue weighted by Gasteiger charge is 2.06. The maximum atomic E-state index is 12.3. The summed E-state index contributed by atoms with van der Waals surface area (Å²) in [4.78, 5) is 12.3. The van der Waals surface area contributed by atoms with Crippen molar-refractivity contribution in [3.8, 4) is 11.5 Å². The lowest BCUT2D eigenvalue weighted by Gasteiger charge is -2.11. The number of hydrogen-bond acceptors (Lipinski definition) is 3. The van der Waals surface area contributed by atoms with Crippen LogP contribution < -0.4 is 9.47 Å². The number of ketones is 1. The van der Waals surface area contributed by atoms with Crippen LogP contribution in [0.15, 0.2) is 72.8 Å². The SMILES string of the molecule is COc1ccc(/C=C/C(=O)c2ccc(C)cc2)cc1COc1ccc(C)cc1. The smallest absolute Gasteiger partial charge is 0.185 e. The minimum Gasteiger partial charge on any atom is -0.496 e. The molecule has 0 radical (unpaired) electrons. The summed E-state index contributed by atoms with van der Waals surface area (Å²) in [5.41, 5.74) is 4.85. The van der Waals surface area contributed by atoms with Gasteiger partial charge in [-0.25, -0.2) is 0 Å². The summed E-state index contributed by atoms with van der Waals surface area (Å²) in [6.45, 7) is 4.43. The van der Waals surface area contributed by atoms with E-state index in [1.807, 2.05) is 86.7 Å². The average Bonchev–Trinajstić information content (AvgIpc) is 2.72. The summed E-state index contributed by atoms with van der Waals surface area (Å²) in [6.07, 6.45) is 3.41. The molecular weight excluding hydrogens is 348 g/mol. The zero-order valence-electron chi connectivity index (χ0n) is 16.4. The lowest BCUT2D eigenvalue weighted by Crippen LogP contribution is -1.99. The van der Waals surface area contributed by atoms with E-state index in [-0.39, 0.29) is 5.78 Å². The van der Waals surface area contributed by atoms with Crippen LogP contribution in [0.1, 0.15) is 32.6 Å². The molecule has 0 N–H and O–H groups in total. The Labute approximate surface area is 166 Å². The number of aryl methyl sites for hydroxylation is 2. The Hall–Kier alpha value is -3.33. The van der Waals surface area contributed by atoms with E-state index in [0.717, 1.165) is 28.2 Å². The molecule has 0 bridgehead atoms. The van der Waals surface area contributed by atoms with Gasteiger partial charge in [0.15, 0.2) is 5.78 Å². The number of rotatable bonds is 7. The molecule has 0 atom stereocenters. The first-order valence-corrected chi connectivity index (χ1v) is 9.20. The Morgan fingerprint density at radius 1 is 0.893 bits per heavy atom. The quantitative estimate of drug-likeness (QED) is 0.389. The third kappa shape index (κ3) is 5.10. The van der Waals surface area contributed by atoms with Crippen molar-refractivity contribution < 1.29 is 14.3 Å². The molecule has 0 heterocycles. The van der Waals surface area contributed by atoms with Gasteiger partial charge in [-0.15, -0.1) is 0 Å². The molecular formula is C25H24O3. The summed E-state index contributed by atoms with van der Waals surface area (Å²) in [5.74, 6) is 1.55. The van der Waals surface area contributed by atoms with E-state index in [4.69, 9.17) is 9.47 Å². The third-order valence-corrected chi connectivity index (χ3v) is 4.48. The molecule has 0 aliphatic heterocycles. The van der Waals surface area contributed by atoms with Crippen molar-refractivity contribution in [3.63, 3.8) is 0 Å². The molecule has 3 nitrogen and oxygen atoms in total. The van der Waals surface area contributed by atoms with Crippen molar-refractivity contribution in [2.24, 2.45) is 0 Å². The van der Waals surface area contributed by atoms with E-state index in [0.29, 0.717) is 12.2 Å². The minimum atomic E-state index is -0.0201. The van der Waals surface area contributed by atoms with Gasteiger partial charge in [0.25, 0.3) is 0 Å². The van der Waals surface area contributed by atoms with E-state index in [1.165, 1.54) is 5.56 Å². The maximum absolute atomic E-state index is 12.3. The van der Waals surface area contributed by atoms with Gasteiger partial charge in [-0.05, 0) is 49.8 Å². The van der Waals surface area contributed by atoms with Crippen molar-refractivity contribution in [3.05, 3.63) is 101 Å². The van der Waals surface area contributed by atoms with Gasteiger partial charge in [-0.2, -0.15) is 0 Å². The first-order chi connectivity index (χ1) is 13.5. The molecule has 28 heavy (non-hydrogen) atoms. The van der Waals surface area contributed by atoms with E-state index < -0.39 is 0 Å². The van der Waals surface area contributed by atoms with E-state index in [2.05, 4.69) is 0 Å². The topological polar surface area (TPSA) is 35.5 Å². The Morgan fingerprint density at radius 2 is 1.54 bits per heavy atom. The van der Waals surface area contributed by atoms with Crippen LogP contribution >= 0.6 is 0 Å².